The van der Waals surface area contributed by atoms with Crippen LogP contribution in [-0.4, -0.2) is 18.1 Å². The summed E-state index contributed by atoms with van der Waals surface area (Å²) in [7, 11) is 1.52. The minimum Gasteiger partial charge on any atom is -0.507 e. The highest BCUT2D eigenvalue weighted by atomic mass is 79.9. The van der Waals surface area contributed by atoms with E-state index in [1.165, 1.54) is 19.2 Å². The van der Waals surface area contributed by atoms with Crippen molar-refractivity contribution in [2.45, 2.75) is 0 Å². The summed E-state index contributed by atoms with van der Waals surface area (Å²) >= 11 is 3.28. The summed E-state index contributed by atoms with van der Waals surface area (Å²) in [6, 6.07) is 8.57. The molecule has 104 valence electrons. The highest BCUT2D eigenvalue weighted by molar-refractivity contribution is 9.10. The van der Waals surface area contributed by atoms with E-state index in [-0.39, 0.29) is 5.56 Å². The molecule has 0 atom stereocenters. The van der Waals surface area contributed by atoms with Crippen LogP contribution in [0.5, 0.6) is 11.5 Å². The molecule has 2 N–H and O–H groups in total. The predicted molar refractivity (Wildman–Crippen MR) is 76.7 cm³/mol. The van der Waals surface area contributed by atoms with Gasteiger partial charge >= 0.3 is 0 Å². The fourth-order valence-corrected chi connectivity index (χ4v) is 2.22. The number of halogens is 2. The number of anilines is 1. The molecule has 0 aromatic heterocycles. The molecular formula is C14H11BrFNO3. The Bertz CT molecular complexity index is 641. The molecule has 0 unspecified atom stereocenters. The quantitative estimate of drug-likeness (QED) is 0.898. The van der Waals surface area contributed by atoms with E-state index < -0.39 is 17.5 Å². The third-order valence-corrected chi connectivity index (χ3v) is 3.25. The number of phenols is 1. The second-order valence-corrected chi connectivity index (χ2v) is 4.79. The lowest BCUT2D eigenvalue weighted by atomic mass is 10.1. The molecule has 0 aliphatic heterocycles. The second kappa shape index (κ2) is 5.92. The first-order chi connectivity index (χ1) is 9.52. The van der Waals surface area contributed by atoms with Crippen LogP contribution < -0.4 is 10.1 Å². The highest BCUT2D eigenvalue weighted by Crippen LogP contribution is 2.28. The molecule has 0 aliphatic rings. The number of carbonyl (C=O) groups excluding carboxylic acids is 1. The fraction of sp³-hybridized carbons (Fsp3) is 0.0714. The lowest BCUT2D eigenvalue weighted by molar-refractivity contribution is 0.102. The average molecular weight is 340 g/mol. The fourth-order valence-electron chi connectivity index (χ4n) is 1.68. The number of aromatic hydroxyl groups is 1. The third-order valence-electron chi connectivity index (χ3n) is 2.63. The van der Waals surface area contributed by atoms with Crippen molar-refractivity contribution in [3.8, 4) is 11.5 Å². The van der Waals surface area contributed by atoms with Gasteiger partial charge in [0.25, 0.3) is 5.91 Å². The minimum absolute atomic E-state index is 0.389. The Labute approximate surface area is 123 Å². The number of benzene rings is 2. The van der Waals surface area contributed by atoms with E-state index in [0.29, 0.717) is 15.9 Å². The number of phenolic OH excluding ortho intramolecular Hbond substituents is 1. The maximum Gasteiger partial charge on any atom is 0.262 e. The van der Waals surface area contributed by atoms with Crippen LogP contribution in [-0.2, 0) is 0 Å². The van der Waals surface area contributed by atoms with Gasteiger partial charge in [-0.2, -0.15) is 0 Å². The molecule has 0 radical (unpaired) electrons. The van der Waals surface area contributed by atoms with Crippen LogP contribution in [0.15, 0.2) is 40.9 Å². The number of carbonyl (C=O) groups is 1. The molecule has 0 spiro atoms. The van der Waals surface area contributed by atoms with Gasteiger partial charge in [-0.3, -0.25) is 4.79 Å². The average Bonchev–Trinajstić information content (AvgIpc) is 2.38. The van der Waals surface area contributed by atoms with Gasteiger partial charge in [0.2, 0.25) is 0 Å². The van der Waals surface area contributed by atoms with Crippen molar-refractivity contribution in [3.05, 3.63) is 52.3 Å². The molecule has 2 aromatic carbocycles. The number of hydrogen-bond acceptors (Lipinski definition) is 3. The van der Waals surface area contributed by atoms with Crippen LogP contribution in [0.25, 0.3) is 0 Å². The molecule has 2 rings (SSSR count). The molecule has 0 saturated heterocycles. The summed E-state index contributed by atoms with van der Waals surface area (Å²) in [4.78, 5) is 12.0. The van der Waals surface area contributed by atoms with Crippen molar-refractivity contribution in [3.63, 3.8) is 0 Å². The zero-order valence-electron chi connectivity index (χ0n) is 10.5. The molecule has 0 heterocycles. The summed E-state index contributed by atoms with van der Waals surface area (Å²) in [5.41, 5.74) is 0.0600. The van der Waals surface area contributed by atoms with Gasteiger partial charge in [-0.25, -0.2) is 4.39 Å². The Morgan fingerprint density at radius 1 is 1.35 bits per heavy atom. The maximum atomic E-state index is 13.6. The van der Waals surface area contributed by atoms with E-state index in [1.54, 1.807) is 18.2 Å². The standard InChI is InChI=1S/C14H11BrFNO3/c1-20-12-6-5-8(7-9(12)15)17-14(19)13-10(16)3-2-4-11(13)18/h2-7,18H,1H3,(H,17,19). The smallest absolute Gasteiger partial charge is 0.262 e. The van der Waals surface area contributed by atoms with Crippen molar-refractivity contribution in [2.24, 2.45) is 0 Å². The third kappa shape index (κ3) is 2.91. The van der Waals surface area contributed by atoms with Crippen LogP contribution in [0.3, 0.4) is 0 Å². The van der Waals surface area contributed by atoms with Gasteiger partial charge in [0.1, 0.15) is 22.9 Å². The van der Waals surface area contributed by atoms with Gasteiger partial charge < -0.3 is 15.2 Å². The van der Waals surface area contributed by atoms with E-state index in [4.69, 9.17) is 4.74 Å². The van der Waals surface area contributed by atoms with Gasteiger partial charge in [0, 0.05) is 5.69 Å². The highest BCUT2D eigenvalue weighted by Gasteiger charge is 2.16. The van der Waals surface area contributed by atoms with E-state index in [0.717, 1.165) is 6.07 Å². The Morgan fingerprint density at radius 2 is 2.10 bits per heavy atom. The molecule has 0 saturated carbocycles. The van der Waals surface area contributed by atoms with E-state index in [2.05, 4.69) is 21.2 Å². The molecule has 0 fully saturated rings. The van der Waals surface area contributed by atoms with Crippen molar-refractivity contribution in [2.75, 3.05) is 12.4 Å². The van der Waals surface area contributed by atoms with Crippen molar-refractivity contribution in [1.82, 2.24) is 0 Å². The molecule has 0 bridgehead atoms. The van der Waals surface area contributed by atoms with Crippen molar-refractivity contribution in [1.29, 1.82) is 0 Å². The summed E-state index contributed by atoms with van der Waals surface area (Å²) in [6.45, 7) is 0. The zero-order valence-corrected chi connectivity index (χ0v) is 12.1. The van der Waals surface area contributed by atoms with E-state index >= 15 is 0 Å². The van der Waals surface area contributed by atoms with Gasteiger partial charge in [0.15, 0.2) is 0 Å². The molecule has 1 amide bonds. The van der Waals surface area contributed by atoms with Crippen LogP contribution in [0, 0.1) is 5.82 Å². The first-order valence-electron chi connectivity index (χ1n) is 5.65. The first-order valence-corrected chi connectivity index (χ1v) is 6.44. The first kappa shape index (κ1) is 14.3. The number of hydrogen-bond donors (Lipinski definition) is 2. The number of ether oxygens (including phenoxy) is 1. The molecule has 4 nitrogen and oxygen atoms in total. The number of amides is 1. The van der Waals surface area contributed by atoms with Crippen LogP contribution in [0.4, 0.5) is 10.1 Å². The summed E-state index contributed by atoms with van der Waals surface area (Å²) in [5, 5.41) is 12.1. The second-order valence-electron chi connectivity index (χ2n) is 3.94. The van der Waals surface area contributed by atoms with E-state index in [9.17, 15) is 14.3 Å². The van der Waals surface area contributed by atoms with Gasteiger partial charge in [0.05, 0.1) is 11.6 Å². The normalized spacial score (nSPS) is 10.2. The topological polar surface area (TPSA) is 58.6 Å². The van der Waals surface area contributed by atoms with E-state index in [1.807, 2.05) is 0 Å². The Morgan fingerprint density at radius 3 is 2.70 bits per heavy atom. The monoisotopic (exact) mass is 339 g/mol. The number of nitrogens with one attached hydrogen (secondary N) is 1. The molecule has 0 aliphatic carbocycles. The lowest BCUT2D eigenvalue weighted by Gasteiger charge is -2.09. The van der Waals surface area contributed by atoms with Gasteiger partial charge in [-0.15, -0.1) is 0 Å². The Balaban J connectivity index is 2.26. The van der Waals surface area contributed by atoms with Gasteiger partial charge in [-0.1, -0.05) is 6.07 Å². The predicted octanol–water partition coefficient (Wildman–Crippen LogP) is 3.55. The maximum absolute atomic E-state index is 13.6. The molecule has 20 heavy (non-hydrogen) atoms. The number of rotatable bonds is 3. The molecular weight excluding hydrogens is 329 g/mol. The SMILES string of the molecule is COc1ccc(NC(=O)c2c(O)cccc2F)cc1Br. The minimum atomic E-state index is -0.782. The summed E-state index contributed by atoms with van der Waals surface area (Å²) < 4.78 is 19.3. The summed E-state index contributed by atoms with van der Waals surface area (Å²) in [6.07, 6.45) is 0. The summed E-state index contributed by atoms with van der Waals surface area (Å²) in [5.74, 6) is -1.31. The Kier molecular flexibility index (Phi) is 4.24. The van der Waals surface area contributed by atoms with Crippen LogP contribution in [0.1, 0.15) is 10.4 Å². The largest absolute Gasteiger partial charge is 0.507 e. The van der Waals surface area contributed by atoms with Crippen molar-refractivity contribution >= 4 is 27.5 Å². The van der Waals surface area contributed by atoms with Gasteiger partial charge in [-0.05, 0) is 46.3 Å². The number of methoxy groups -OCH3 is 1. The lowest BCUT2D eigenvalue weighted by Crippen LogP contribution is -2.14. The Hall–Kier alpha value is -2.08. The van der Waals surface area contributed by atoms with Crippen LogP contribution in [0.2, 0.25) is 0 Å². The molecule has 6 heteroatoms. The zero-order chi connectivity index (χ0) is 14.7. The molecule has 2 aromatic rings. The van der Waals surface area contributed by atoms with Crippen molar-refractivity contribution < 1.29 is 19.0 Å². The van der Waals surface area contributed by atoms with Crippen LogP contribution >= 0.6 is 15.9 Å².